The molecule has 2 N–H and O–H groups in total. The highest BCUT2D eigenvalue weighted by molar-refractivity contribution is 5.80. The van der Waals surface area contributed by atoms with Crippen LogP contribution in [-0.4, -0.2) is 25.8 Å². The molecule has 1 unspecified atom stereocenters. The van der Waals surface area contributed by atoms with Crippen molar-refractivity contribution in [3.63, 3.8) is 0 Å². The van der Waals surface area contributed by atoms with E-state index in [9.17, 15) is 4.39 Å². The second-order valence-corrected chi connectivity index (χ2v) is 6.94. The maximum Gasteiger partial charge on any atom is 0.191 e. The van der Waals surface area contributed by atoms with Crippen LogP contribution in [0.15, 0.2) is 41.4 Å². The third-order valence-corrected chi connectivity index (χ3v) is 5.11. The summed E-state index contributed by atoms with van der Waals surface area (Å²) in [6, 6.07) is 11.9. The molecule has 1 atom stereocenters. The minimum Gasteiger partial charge on any atom is -0.467 e. The van der Waals surface area contributed by atoms with Crippen LogP contribution in [0.3, 0.4) is 0 Å². The van der Waals surface area contributed by atoms with Gasteiger partial charge < -0.3 is 20.1 Å². The Labute approximate surface area is 158 Å². The average molecular weight is 369 g/mol. The van der Waals surface area contributed by atoms with Gasteiger partial charge in [0.25, 0.3) is 0 Å². The van der Waals surface area contributed by atoms with Crippen molar-refractivity contribution in [2.24, 2.45) is 4.99 Å². The summed E-state index contributed by atoms with van der Waals surface area (Å²) in [5.74, 6) is 1.13. The monoisotopic (exact) mass is 369 g/mol. The van der Waals surface area contributed by atoms with E-state index >= 15 is 0 Å². The largest absolute Gasteiger partial charge is 0.467 e. The molecule has 1 heterocycles. The molecule has 1 aliphatic heterocycles. The molecule has 5 nitrogen and oxygen atoms in total. The smallest absolute Gasteiger partial charge is 0.191 e. The minimum atomic E-state index is -0.286. The van der Waals surface area contributed by atoms with Gasteiger partial charge >= 0.3 is 0 Å². The molecule has 0 radical (unpaired) electrons. The molecular weight excluding hydrogens is 345 g/mol. The maximum atomic E-state index is 13.9. The van der Waals surface area contributed by atoms with Crippen LogP contribution in [0, 0.1) is 5.82 Å². The summed E-state index contributed by atoms with van der Waals surface area (Å²) in [4.78, 5) is 4.32. The van der Waals surface area contributed by atoms with Gasteiger partial charge in [-0.1, -0.05) is 24.3 Å². The van der Waals surface area contributed by atoms with Gasteiger partial charge in [-0.05, 0) is 42.5 Å². The van der Waals surface area contributed by atoms with Crippen LogP contribution in [0.5, 0.6) is 5.75 Å². The molecule has 2 aromatic rings. The van der Waals surface area contributed by atoms with Gasteiger partial charge in [-0.25, -0.2) is 4.39 Å². The van der Waals surface area contributed by atoms with Gasteiger partial charge in [0.15, 0.2) is 12.8 Å². The lowest BCUT2D eigenvalue weighted by molar-refractivity contribution is -0.0172. The molecule has 0 fully saturated rings. The van der Waals surface area contributed by atoms with E-state index in [2.05, 4.69) is 39.9 Å². The molecule has 142 valence electrons. The lowest BCUT2D eigenvalue weighted by Gasteiger charge is -2.27. The SMILES string of the molecule is CN=C(NCc1cc(F)cc2c1OCOC2)NC1CCc2ccccc2C1. The predicted molar refractivity (Wildman–Crippen MR) is 102 cm³/mol. The fourth-order valence-corrected chi connectivity index (χ4v) is 3.78. The van der Waals surface area contributed by atoms with Crippen LogP contribution in [0.25, 0.3) is 0 Å². The first-order chi connectivity index (χ1) is 13.2. The quantitative estimate of drug-likeness (QED) is 0.645. The number of aryl methyl sites for hydroxylation is 1. The van der Waals surface area contributed by atoms with Gasteiger partial charge in [0, 0.05) is 30.8 Å². The second-order valence-electron chi connectivity index (χ2n) is 6.94. The van der Waals surface area contributed by atoms with E-state index in [1.807, 2.05) is 0 Å². The Morgan fingerprint density at radius 1 is 1.22 bits per heavy atom. The number of nitrogens with zero attached hydrogens (tertiary/aromatic N) is 1. The van der Waals surface area contributed by atoms with Crippen LogP contribution in [-0.2, 0) is 30.7 Å². The van der Waals surface area contributed by atoms with Crippen molar-refractivity contribution in [1.29, 1.82) is 0 Å². The summed E-state index contributed by atoms with van der Waals surface area (Å²) in [5, 5.41) is 6.78. The zero-order valence-electron chi connectivity index (χ0n) is 15.4. The lowest BCUT2D eigenvalue weighted by atomic mass is 9.88. The minimum absolute atomic E-state index is 0.195. The summed E-state index contributed by atoms with van der Waals surface area (Å²) in [6.07, 6.45) is 3.11. The molecule has 27 heavy (non-hydrogen) atoms. The Hall–Kier alpha value is -2.60. The molecule has 2 aliphatic rings. The molecule has 6 heteroatoms. The highest BCUT2D eigenvalue weighted by Crippen LogP contribution is 2.29. The number of guanidine groups is 1. The number of fused-ring (bicyclic) bond motifs is 2. The molecule has 0 spiro atoms. The number of benzene rings is 2. The molecule has 0 bridgehead atoms. The van der Waals surface area contributed by atoms with Crippen molar-refractivity contribution < 1.29 is 13.9 Å². The van der Waals surface area contributed by atoms with Crippen molar-refractivity contribution >= 4 is 5.96 Å². The highest BCUT2D eigenvalue weighted by Gasteiger charge is 2.20. The Morgan fingerprint density at radius 3 is 2.93 bits per heavy atom. The van der Waals surface area contributed by atoms with Crippen molar-refractivity contribution in [2.75, 3.05) is 13.8 Å². The number of hydrogen-bond donors (Lipinski definition) is 2. The summed E-state index contributed by atoms with van der Waals surface area (Å²) >= 11 is 0. The van der Waals surface area contributed by atoms with E-state index in [0.717, 1.165) is 30.4 Å². The van der Waals surface area contributed by atoms with E-state index in [1.54, 1.807) is 7.05 Å². The highest BCUT2D eigenvalue weighted by atomic mass is 19.1. The average Bonchev–Trinajstić information content (AvgIpc) is 2.70. The zero-order chi connectivity index (χ0) is 18.6. The van der Waals surface area contributed by atoms with E-state index in [1.165, 1.54) is 23.3 Å². The van der Waals surface area contributed by atoms with Gasteiger partial charge in [0.1, 0.15) is 11.6 Å². The third-order valence-electron chi connectivity index (χ3n) is 5.11. The number of hydrogen-bond acceptors (Lipinski definition) is 3. The molecule has 0 aromatic heterocycles. The molecule has 0 saturated heterocycles. The van der Waals surface area contributed by atoms with Crippen LogP contribution < -0.4 is 15.4 Å². The van der Waals surface area contributed by atoms with Crippen LogP contribution >= 0.6 is 0 Å². The summed E-state index contributed by atoms with van der Waals surface area (Å²) < 4.78 is 24.7. The summed E-state index contributed by atoms with van der Waals surface area (Å²) in [6.45, 7) is 0.998. The summed E-state index contributed by atoms with van der Waals surface area (Å²) in [7, 11) is 1.75. The molecule has 4 rings (SSSR count). The van der Waals surface area contributed by atoms with Gasteiger partial charge in [0.2, 0.25) is 0 Å². The lowest BCUT2D eigenvalue weighted by Crippen LogP contribution is -2.45. The zero-order valence-corrected chi connectivity index (χ0v) is 15.4. The van der Waals surface area contributed by atoms with Crippen LogP contribution in [0.2, 0.25) is 0 Å². The number of ether oxygens (including phenoxy) is 2. The molecular formula is C21H24FN3O2. The van der Waals surface area contributed by atoms with Gasteiger partial charge in [0.05, 0.1) is 6.61 Å². The first-order valence-corrected chi connectivity index (χ1v) is 9.28. The van der Waals surface area contributed by atoms with E-state index in [-0.39, 0.29) is 12.6 Å². The van der Waals surface area contributed by atoms with E-state index in [0.29, 0.717) is 30.9 Å². The van der Waals surface area contributed by atoms with Gasteiger partial charge in [-0.2, -0.15) is 0 Å². The Kier molecular flexibility index (Phi) is 5.25. The van der Waals surface area contributed by atoms with Crippen LogP contribution in [0.1, 0.15) is 28.7 Å². The normalized spacial score (nSPS) is 18.9. The number of rotatable bonds is 3. The fourth-order valence-electron chi connectivity index (χ4n) is 3.78. The Morgan fingerprint density at radius 2 is 2.07 bits per heavy atom. The molecule has 0 saturated carbocycles. The van der Waals surface area contributed by atoms with Crippen LogP contribution in [0.4, 0.5) is 4.39 Å². The molecule has 1 aliphatic carbocycles. The van der Waals surface area contributed by atoms with Crippen molar-refractivity contribution in [3.05, 3.63) is 64.5 Å². The second kappa shape index (κ2) is 7.96. The Balaban J connectivity index is 1.40. The van der Waals surface area contributed by atoms with Crippen molar-refractivity contribution in [2.45, 2.75) is 38.5 Å². The summed E-state index contributed by atoms with van der Waals surface area (Å²) in [5.41, 5.74) is 4.34. The van der Waals surface area contributed by atoms with Crippen molar-refractivity contribution in [1.82, 2.24) is 10.6 Å². The number of aliphatic imine (C=N–C) groups is 1. The molecule has 2 aromatic carbocycles. The predicted octanol–water partition coefficient (Wildman–Crippen LogP) is 2.91. The number of halogens is 1. The van der Waals surface area contributed by atoms with E-state index < -0.39 is 0 Å². The van der Waals surface area contributed by atoms with Crippen molar-refractivity contribution in [3.8, 4) is 5.75 Å². The Bertz CT molecular complexity index is 853. The first kappa shape index (κ1) is 17.8. The third kappa shape index (κ3) is 4.06. The van der Waals surface area contributed by atoms with Gasteiger partial charge in [-0.15, -0.1) is 0 Å². The van der Waals surface area contributed by atoms with E-state index in [4.69, 9.17) is 9.47 Å². The molecule has 0 amide bonds. The standard InChI is InChI=1S/C21H24FN3O2/c1-23-21(25-19-7-6-14-4-2-3-5-15(14)10-19)24-11-16-8-18(22)9-17-12-26-13-27-20(16)17/h2-5,8-9,19H,6-7,10-13H2,1H3,(H2,23,24,25). The maximum absolute atomic E-state index is 13.9. The number of nitrogens with one attached hydrogen (secondary N) is 2. The first-order valence-electron chi connectivity index (χ1n) is 9.28. The fraction of sp³-hybridized carbons (Fsp3) is 0.381. The van der Waals surface area contributed by atoms with Gasteiger partial charge in [-0.3, -0.25) is 4.99 Å². The topological polar surface area (TPSA) is 54.9 Å².